The molecule has 10 nitrogen and oxygen atoms in total. The summed E-state index contributed by atoms with van der Waals surface area (Å²) in [5.74, 6) is -0.800. The van der Waals surface area contributed by atoms with Gasteiger partial charge in [-0.25, -0.2) is 4.68 Å². The normalized spacial score (nSPS) is 11.0. The monoisotopic (exact) mass is 596 g/mol. The Morgan fingerprint density at radius 1 is 1.03 bits per heavy atom. The number of carboxylic acid groups (broad SMARTS) is 1. The molecule has 4 aromatic rings. The van der Waals surface area contributed by atoms with Crippen molar-refractivity contribution in [2.45, 2.75) is 13.1 Å². The van der Waals surface area contributed by atoms with Crippen LogP contribution in [0.25, 0.3) is 22.8 Å². The van der Waals surface area contributed by atoms with Crippen molar-refractivity contribution in [3.63, 3.8) is 0 Å². The Morgan fingerprint density at radius 3 is 2.47 bits per heavy atom. The van der Waals surface area contributed by atoms with Crippen molar-refractivity contribution in [3.8, 4) is 22.8 Å². The first kappa shape index (κ1) is 20.8. The van der Waals surface area contributed by atoms with E-state index in [0.717, 1.165) is 29.3 Å². The number of nitrogens with zero attached hydrogens (tertiary/aromatic N) is 8. The van der Waals surface area contributed by atoms with Crippen LogP contribution in [0, 0.1) is 0 Å². The molecule has 1 N–H and O–H groups in total. The minimum atomic E-state index is -1.05. The Hall–Kier alpha value is -2.51. The van der Waals surface area contributed by atoms with Crippen molar-refractivity contribution in [3.05, 3.63) is 55.6 Å². The Morgan fingerprint density at radius 2 is 1.80 bits per heavy atom. The third kappa shape index (κ3) is 4.63. The lowest BCUT2D eigenvalue weighted by Gasteiger charge is -2.05. The van der Waals surface area contributed by atoms with Crippen molar-refractivity contribution in [2.24, 2.45) is 0 Å². The van der Waals surface area contributed by atoms with Gasteiger partial charge in [-0.15, -0.1) is 15.3 Å². The second-order valence-corrected chi connectivity index (χ2v) is 8.65. The molecule has 3 heterocycles. The predicted molar refractivity (Wildman–Crippen MR) is 116 cm³/mol. The van der Waals surface area contributed by atoms with E-state index in [9.17, 15) is 4.79 Å². The maximum absolute atomic E-state index is 10.7. The zero-order valence-electron chi connectivity index (χ0n) is 14.9. The second kappa shape index (κ2) is 8.70. The molecule has 30 heavy (non-hydrogen) atoms. The number of carbonyl (C=O) groups is 1. The lowest BCUT2D eigenvalue weighted by Crippen LogP contribution is -2.11. The molecule has 0 atom stereocenters. The second-order valence-electron chi connectivity index (χ2n) is 6.14. The largest absolute Gasteiger partial charge is 0.480 e. The highest BCUT2D eigenvalue weighted by molar-refractivity contribution is 9.14. The van der Waals surface area contributed by atoms with Gasteiger partial charge in [-0.3, -0.25) is 9.78 Å². The molecule has 0 fully saturated rings. The highest BCUT2D eigenvalue weighted by atomic mass is 79.9. The van der Waals surface area contributed by atoms with Crippen molar-refractivity contribution >= 4 is 53.8 Å². The van der Waals surface area contributed by atoms with E-state index in [2.05, 4.69) is 78.5 Å². The minimum absolute atomic E-state index is 0.248. The van der Waals surface area contributed by atoms with Crippen LogP contribution in [0.15, 0.2) is 50.1 Å². The molecule has 0 unspecified atom stereocenters. The highest BCUT2D eigenvalue weighted by Gasteiger charge is 2.12. The first-order chi connectivity index (χ1) is 14.4. The molecular formula is C17H11Br3N8O2. The third-order valence-corrected chi connectivity index (χ3v) is 7.11. The standard InChI is InChI=1S/C17H11Br3N8O2/c18-11-3-9(4-12(19)16(11)20)6-27-7-14(22-25-27)10-1-2-13(21-5-10)17-23-26-28(24-17)8-15(29)30/h1-5,7H,6,8H2,(H,29,30). The summed E-state index contributed by atoms with van der Waals surface area (Å²) in [7, 11) is 0. The summed E-state index contributed by atoms with van der Waals surface area (Å²) in [5.41, 5.74) is 2.98. The maximum atomic E-state index is 10.7. The molecule has 0 spiro atoms. The number of benzene rings is 1. The molecule has 13 heteroatoms. The summed E-state index contributed by atoms with van der Waals surface area (Å²) < 4.78 is 4.58. The molecule has 0 saturated carbocycles. The Kier molecular flexibility index (Phi) is 6.01. The molecule has 0 aliphatic heterocycles. The van der Waals surface area contributed by atoms with Gasteiger partial charge in [0.1, 0.15) is 11.4 Å². The van der Waals surface area contributed by atoms with Crippen molar-refractivity contribution in [1.29, 1.82) is 0 Å². The molecular weight excluding hydrogens is 588 g/mol. The zero-order chi connectivity index (χ0) is 21.3. The average Bonchev–Trinajstić information content (AvgIpc) is 3.35. The van der Waals surface area contributed by atoms with Crippen LogP contribution in [0.1, 0.15) is 5.56 Å². The average molecular weight is 599 g/mol. The molecule has 0 amide bonds. The van der Waals surface area contributed by atoms with Gasteiger partial charge in [-0.2, -0.15) is 4.80 Å². The number of aliphatic carboxylic acids is 1. The van der Waals surface area contributed by atoms with E-state index < -0.39 is 5.97 Å². The van der Waals surface area contributed by atoms with Gasteiger partial charge in [0, 0.05) is 25.2 Å². The van der Waals surface area contributed by atoms with Crippen LogP contribution in [0.3, 0.4) is 0 Å². The summed E-state index contributed by atoms with van der Waals surface area (Å²) in [6.45, 7) is 0.194. The van der Waals surface area contributed by atoms with Crippen molar-refractivity contribution in [1.82, 2.24) is 40.2 Å². The van der Waals surface area contributed by atoms with Crippen molar-refractivity contribution in [2.75, 3.05) is 0 Å². The number of rotatable bonds is 6. The van der Waals surface area contributed by atoms with E-state index in [0.29, 0.717) is 17.9 Å². The van der Waals surface area contributed by atoms with Gasteiger partial charge in [-0.05, 0) is 82.8 Å². The predicted octanol–water partition coefficient (Wildman–Crippen LogP) is 3.41. The molecule has 0 radical (unpaired) electrons. The number of tetrazole rings is 1. The Bertz CT molecular complexity index is 1200. The lowest BCUT2D eigenvalue weighted by atomic mass is 10.2. The topological polar surface area (TPSA) is 124 Å². The van der Waals surface area contributed by atoms with Crippen LogP contribution in [-0.4, -0.2) is 51.3 Å². The molecule has 3 aromatic heterocycles. The van der Waals surface area contributed by atoms with Gasteiger partial charge in [0.2, 0.25) is 5.82 Å². The van der Waals surface area contributed by atoms with Gasteiger partial charge in [0.15, 0.2) is 6.54 Å². The Balaban J connectivity index is 1.50. The van der Waals surface area contributed by atoms with Crippen molar-refractivity contribution < 1.29 is 9.90 Å². The fourth-order valence-corrected chi connectivity index (χ4v) is 4.12. The van der Waals surface area contributed by atoms with E-state index >= 15 is 0 Å². The first-order valence-electron chi connectivity index (χ1n) is 8.39. The summed E-state index contributed by atoms with van der Waals surface area (Å²) in [4.78, 5) is 16.0. The number of carboxylic acids is 1. The smallest absolute Gasteiger partial charge is 0.327 e. The fourth-order valence-electron chi connectivity index (χ4n) is 2.61. The van der Waals surface area contributed by atoms with E-state index in [1.807, 2.05) is 24.4 Å². The number of hydrogen-bond acceptors (Lipinski definition) is 7. The molecule has 4 rings (SSSR count). The number of hydrogen-bond donors (Lipinski definition) is 1. The molecule has 0 aliphatic rings. The Labute approximate surface area is 194 Å². The fraction of sp³-hybridized carbons (Fsp3) is 0.118. The number of pyridine rings is 1. The van der Waals surface area contributed by atoms with Gasteiger partial charge < -0.3 is 5.11 Å². The summed E-state index contributed by atoms with van der Waals surface area (Å²) >= 11 is 10.5. The summed E-state index contributed by atoms with van der Waals surface area (Å²) in [6, 6.07) is 7.56. The van der Waals surface area contributed by atoms with Crippen LogP contribution < -0.4 is 0 Å². The zero-order valence-corrected chi connectivity index (χ0v) is 19.7. The summed E-state index contributed by atoms with van der Waals surface area (Å²) in [5, 5.41) is 28.7. The van der Waals surface area contributed by atoms with Crippen LogP contribution >= 0.6 is 47.8 Å². The molecule has 0 bridgehead atoms. The quantitative estimate of drug-likeness (QED) is 0.335. The van der Waals surface area contributed by atoms with Crippen LogP contribution in [0.4, 0.5) is 0 Å². The highest BCUT2D eigenvalue weighted by Crippen LogP contribution is 2.32. The van der Waals surface area contributed by atoms with Crippen LogP contribution in [-0.2, 0) is 17.9 Å². The SMILES string of the molecule is O=C(O)Cn1nnc(-c2ccc(-c3cn(Cc4cc(Br)c(Br)c(Br)c4)nn3)cn2)n1. The summed E-state index contributed by atoms with van der Waals surface area (Å²) in [6.07, 6.45) is 3.47. The van der Waals surface area contributed by atoms with Crippen LogP contribution in [0.5, 0.6) is 0 Å². The van der Waals surface area contributed by atoms with Gasteiger partial charge >= 0.3 is 5.97 Å². The molecule has 0 aliphatic carbocycles. The van der Waals surface area contributed by atoms with E-state index in [4.69, 9.17) is 5.11 Å². The maximum Gasteiger partial charge on any atom is 0.327 e. The number of halogens is 3. The molecule has 0 saturated heterocycles. The first-order valence-corrected chi connectivity index (χ1v) is 10.8. The molecule has 1 aromatic carbocycles. The lowest BCUT2D eigenvalue weighted by molar-refractivity contribution is -0.138. The van der Waals surface area contributed by atoms with E-state index in [1.54, 1.807) is 16.9 Å². The number of aromatic nitrogens is 8. The van der Waals surface area contributed by atoms with Gasteiger partial charge in [0.25, 0.3) is 0 Å². The minimum Gasteiger partial charge on any atom is -0.480 e. The van der Waals surface area contributed by atoms with Gasteiger partial charge in [0.05, 0.1) is 12.7 Å². The van der Waals surface area contributed by atoms with E-state index in [1.165, 1.54) is 0 Å². The van der Waals surface area contributed by atoms with Gasteiger partial charge in [-0.1, -0.05) is 5.21 Å². The molecule has 152 valence electrons. The van der Waals surface area contributed by atoms with Crippen LogP contribution in [0.2, 0.25) is 0 Å². The van der Waals surface area contributed by atoms with E-state index in [-0.39, 0.29) is 12.4 Å². The third-order valence-electron chi connectivity index (χ3n) is 3.94.